The molecule has 11 heteroatoms. The molecule has 2 aliphatic carbocycles. The molecule has 2 aromatic rings. The molecule has 8 nitrogen and oxygen atoms in total. The Bertz CT molecular complexity index is 1500. The van der Waals surface area contributed by atoms with Crippen LogP contribution in [0.25, 0.3) is 11.1 Å². The monoisotopic (exact) mass is 564 g/mol. The van der Waals surface area contributed by atoms with Gasteiger partial charge in [-0.25, -0.2) is 4.79 Å². The third-order valence-corrected chi connectivity index (χ3v) is 8.53. The van der Waals surface area contributed by atoms with Crippen molar-refractivity contribution in [2.75, 3.05) is 11.0 Å². The van der Waals surface area contributed by atoms with Crippen LogP contribution in [0.5, 0.6) is 0 Å². The number of halogens is 1. The third-order valence-electron chi connectivity index (χ3n) is 7.86. The molecule has 5 rings (SSSR count). The summed E-state index contributed by atoms with van der Waals surface area (Å²) in [6.45, 7) is 8.97. The van der Waals surface area contributed by atoms with Crippen LogP contribution in [0, 0.1) is 34.9 Å². The number of carbonyl (C=O) groups excluding carboxylic acids is 2. The summed E-state index contributed by atoms with van der Waals surface area (Å²) in [6, 6.07) is 12.2. The van der Waals surface area contributed by atoms with Gasteiger partial charge in [0.2, 0.25) is 5.91 Å². The quantitative estimate of drug-likeness (QED) is 0.498. The third kappa shape index (κ3) is 5.87. The van der Waals surface area contributed by atoms with Crippen molar-refractivity contribution in [3.63, 3.8) is 0 Å². The molecule has 2 aromatic carbocycles. The van der Waals surface area contributed by atoms with Crippen molar-refractivity contribution in [2.45, 2.75) is 63.8 Å². The number of nitriles is 1. The van der Waals surface area contributed by atoms with Crippen LogP contribution in [0.1, 0.15) is 39.2 Å². The van der Waals surface area contributed by atoms with Gasteiger partial charge in [0.1, 0.15) is 11.6 Å². The summed E-state index contributed by atoms with van der Waals surface area (Å²) in [5.74, 6) is -0.00155. The molecule has 2 saturated carbocycles. The number of benzene rings is 2. The zero-order valence-corrected chi connectivity index (χ0v) is 24.0. The molecule has 1 aliphatic heterocycles. The molecule has 0 aromatic heterocycles. The van der Waals surface area contributed by atoms with Crippen molar-refractivity contribution in [3.05, 3.63) is 53.8 Å². The van der Waals surface area contributed by atoms with Gasteiger partial charge in [0.15, 0.2) is 0 Å². The Labute approximate surface area is 235 Å². The molecule has 210 valence electrons. The number of likely N-dealkylation sites (tertiary alicyclic amines) is 1. The molecule has 0 radical (unpaired) electrons. The van der Waals surface area contributed by atoms with E-state index in [0.29, 0.717) is 28.7 Å². The first-order chi connectivity index (χ1) is 18.7. The second-order valence-corrected chi connectivity index (χ2v) is 14.5. The average molecular weight is 564 g/mol. The van der Waals surface area contributed by atoms with E-state index in [1.165, 1.54) is 12.3 Å². The van der Waals surface area contributed by atoms with Gasteiger partial charge in [-0.05, 0) is 51.4 Å². The van der Waals surface area contributed by atoms with Crippen LogP contribution in [-0.2, 0) is 25.5 Å². The second kappa shape index (κ2) is 10.2. The van der Waals surface area contributed by atoms with Gasteiger partial charge in [-0.2, -0.15) is 5.26 Å². The Kier molecular flexibility index (Phi) is 7.19. The number of piperidine rings is 1. The summed E-state index contributed by atoms with van der Waals surface area (Å²) >= 11 is 0. The molecule has 3 aliphatic rings. The Hall–Kier alpha value is -3.39. The van der Waals surface area contributed by atoms with Crippen LogP contribution in [0.3, 0.4) is 0 Å². The second-order valence-electron chi connectivity index (χ2n) is 12.3. The molecule has 2 N–H and O–H groups in total. The van der Waals surface area contributed by atoms with E-state index in [1.54, 1.807) is 56.0 Å². The Balaban J connectivity index is 1.28. The van der Waals surface area contributed by atoms with E-state index in [1.807, 2.05) is 6.07 Å². The first-order valence-electron chi connectivity index (χ1n) is 13.4. The molecule has 2 bridgehead atoms. The van der Waals surface area contributed by atoms with Gasteiger partial charge in [-0.3, -0.25) is 9.69 Å². The molecule has 0 spiro atoms. The van der Waals surface area contributed by atoms with Crippen LogP contribution in [0.2, 0.25) is 0 Å². The Morgan fingerprint density at radius 3 is 2.55 bits per heavy atom. The van der Waals surface area contributed by atoms with Crippen molar-refractivity contribution in [1.82, 2.24) is 10.2 Å². The topological polar surface area (TPSA) is 112 Å². The van der Waals surface area contributed by atoms with Crippen LogP contribution in [-0.4, -0.2) is 57.8 Å². The number of hydrogen-bond acceptors (Lipinski definition) is 5. The molecule has 3 fully saturated rings. The van der Waals surface area contributed by atoms with E-state index in [4.69, 9.17) is 4.74 Å². The first-order valence-corrected chi connectivity index (χ1v) is 15.6. The minimum atomic E-state index is -2.46. The number of hydrogen-bond donors (Lipinski definition) is 2. The van der Waals surface area contributed by atoms with Crippen molar-refractivity contribution in [1.29, 1.82) is 5.26 Å². The van der Waals surface area contributed by atoms with E-state index in [9.17, 15) is 19.1 Å². The molecule has 7 atom stereocenters. The number of fused-ring (bicyclic) bond motifs is 5. The molecular formula is C29H34BFN4O4S. The van der Waals surface area contributed by atoms with Gasteiger partial charge in [-0.15, -0.1) is 0 Å². The zero-order chi connectivity index (χ0) is 29.0. The summed E-state index contributed by atoms with van der Waals surface area (Å²) in [4.78, 5) is 28.1. The standard InChI is InChI=1S/C29H34BFN4O4S/c1-29(2,3)39-28(37)35-25-14-23(21-13-22(21)25)26(35)27(36)33-20(15-32)11-18-9-8-17(12-24(18)31)16-6-5-7-19(10-16)34-40(4,30)38/h5-10,12,20-23,25-26,30H,11,13-14H2,1-4H3,(H,33,36)(H,34,38)/t20-,21+,22-,23+,25-,26-,40?/m0/s1. The van der Waals surface area contributed by atoms with E-state index in [-0.39, 0.29) is 18.4 Å². The predicted octanol–water partition coefficient (Wildman–Crippen LogP) is 3.74. The minimum absolute atomic E-state index is 0.0165. The normalized spacial score (nSPS) is 26.7. The first kappa shape index (κ1) is 28.2. The Morgan fingerprint density at radius 2 is 1.90 bits per heavy atom. The fraction of sp³-hybridized carbons (Fsp3) is 0.483. The van der Waals surface area contributed by atoms with E-state index < -0.39 is 45.0 Å². The van der Waals surface area contributed by atoms with Crippen LogP contribution in [0.4, 0.5) is 14.9 Å². The fourth-order valence-electron chi connectivity index (χ4n) is 6.29. The van der Waals surface area contributed by atoms with Crippen LogP contribution in [0.15, 0.2) is 42.5 Å². The maximum absolute atomic E-state index is 15.2. The predicted molar refractivity (Wildman–Crippen MR) is 153 cm³/mol. The number of anilines is 1. The average Bonchev–Trinajstić information content (AvgIpc) is 3.46. The summed E-state index contributed by atoms with van der Waals surface area (Å²) in [7, 11) is -2.46. The van der Waals surface area contributed by atoms with Crippen molar-refractivity contribution in [3.8, 4) is 17.2 Å². The maximum atomic E-state index is 15.2. The zero-order valence-electron chi connectivity index (χ0n) is 23.1. The Morgan fingerprint density at radius 1 is 1.18 bits per heavy atom. The summed E-state index contributed by atoms with van der Waals surface area (Å²) in [6.07, 6.45) is 2.74. The van der Waals surface area contributed by atoms with Gasteiger partial charge >= 0.3 is 136 Å². The number of ether oxygens (including phenoxy) is 1. The number of carbonyl (C=O) groups is 2. The summed E-state index contributed by atoms with van der Waals surface area (Å²) in [5.41, 5.74) is 1.54. The van der Waals surface area contributed by atoms with E-state index in [2.05, 4.69) is 22.8 Å². The molecule has 2 amide bonds. The van der Waals surface area contributed by atoms with Crippen molar-refractivity contribution < 1.29 is 22.9 Å². The van der Waals surface area contributed by atoms with Gasteiger partial charge in [0.25, 0.3) is 0 Å². The molecule has 1 heterocycles. The van der Waals surface area contributed by atoms with Gasteiger partial charge in [-0.1, -0.05) is 0 Å². The fourth-order valence-corrected chi connectivity index (χ4v) is 6.91. The number of rotatable bonds is 7. The van der Waals surface area contributed by atoms with Crippen molar-refractivity contribution in [2.24, 2.45) is 17.8 Å². The van der Waals surface area contributed by atoms with E-state index >= 15 is 4.39 Å². The SMILES string of the molecule is B=S(C)(=O)Nc1cccc(-c2ccc(C[C@@H](C#N)NC(=O)[C@@H]3[C@@H]4C[C@@H]([C@H]5C[C@@H]45)N3C(=O)OC(C)(C)C)c(F)c2)c1. The van der Waals surface area contributed by atoms with Crippen LogP contribution >= 0.6 is 0 Å². The van der Waals surface area contributed by atoms with Gasteiger partial charge < -0.3 is 4.74 Å². The van der Waals surface area contributed by atoms with E-state index in [0.717, 1.165) is 18.4 Å². The van der Waals surface area contributed by atoms with Gasteiger partial charge in [0.05, 0.1) is 0 Å². The number of nitrogens with zero attached hydrogens (tertiary/aromatic N) is 2. The van der Waals surface area contributed by atoms with Gasteiger partial charge in [0, 0.05) is 6.04 Å². The molecule has 40 heavy (non-hydrogen) atoms. The summed E-state index contributed by atoms with van der Waals surface area (Å²) < 4.78 is 35.6. The van der Waals surface area contributed by atoms with Crippen molar-refractivity contribution >= 4 is 34.0 Å². The molecule has 1 unspecified atom stereocenters. The van der Waals surface area contributed by atoms with Crippen LogP contribution < -0.4 is 10.0 Å². The summed E-state index contributed by atoms with van der Waals surface area (Å²) in [5, 5.41) is 12.6. The molecular weight excluding hydrogens is 530 g/mol. The number of nitrogens with one attached hydrogen (secondary N) is 2. The number of amides is 2. The molecule has 1 saturated heterocycles.